The molecule has 2 aromatic carbocycles. The van der Waals surface area contributed by atoms with Gasteiger partial charge in [0.15, 0.2) is 0 Å². The first-order valence-corrected chi connectivity index (χ1v) is 11.9. The van der Waals surface area contributed by atoms with Gasteiger partial charge in [0, 0.05) is 19.6 Å². The van der Waals surface area contributed by atoms with Gasteiger partial charge < -0.3 is 9.47 Å². The van der Waals surface area contributed by atoms with Crippen LogP contribution in [0.25, 0.3) is 10.8 Å². The maximum absolute atomic E-state index is 12.7. The van der Waals surface area contributed by atoms with E-state index in [0.29, 0.717) is 6.61 Å². The van der Waals surface area contributed by atoms with E-state index >= 15 is 0 Å². The second-order valence-corrected chi connectivity index (χ2v) is 8.04. The number of hydrogen-bond donors (Lipinski definition) is 0. The molecule has 32 heavy (non-hydrogen) atoms. The minimum atomic E-state index is -0.296. The van der Waals surface area contributed by atoms with Crippen molar-refractivity contribution in [2.24, 2.45) is 0 Å². The Balaban J connectivity index is 1.89. The Bertz CT molecular complexity index is 869. The first-order chi connectivity index (χ1) is 15.6. The molecule has 0 aliphatic rings. The number of nitrogens with zero attached hydrogens (tertiary/aromatic N) is 1. The van der Waals surface area contributed by atoms with Crippen LogP contribution < -0.4 is 4.74 Å². The molecule has 2 aromatic rings. The summed E-state index contributed by atoms with van der Waals surface area (Å²) in [6.07, 6.45) is 13.1. The summed E-state index contributed by atoms with van der Waals surface area (Å²) in [5.74, 6) is 0.363. The molecule has 0 aliphatic heterocycles. The molecular weight excluding hydrogens is 398 g/mol. The maximum atomic E-state index is 12.7. The molecule has 0 N–H and O–H groups in total. The number of carbonyl (C=O) groups excluding carboxylic acids is 1. The molecule has 0 saturated heterocycles. The van der Waals surface area contributed by atoms with Crippen LogP contribution >= 0.6 is 0 Å². The van der Waals surface area contributed by atoms with E-state index in [9.17, 15) is 4.79 Å². The Morgan fingerprint density at radius 1 is 0.906 bits per heavy atom. The van der Waals surface area contributed by atoms with Crippen molar-refractivity contribution in [2.75, 3.05) is 33.4 Å². The SMILES string of the molecule is CC/C=C/CCN(CC/C=C/CC)CCOC(=O)C(C)c1ccc2cc(OC)ccc2c1. The van der Waals surface area contributed by atoms with Gasteiger partial charge in [-0.3, -0.25) is 9.69 Å². The fraction of sp³-hybridized carbons (Fsp3) is 0.464. The number of benzene rings is 2. The monoisotopic (exact) mass is 437 g/mol. The average Bonchev–Trinajstić information content (AvgIpc) is 2.82. The van der Waals surface area contributed by atoms with E-state index < -0.39 is 0 Å². The first-order valence-electron chi connectivity index (χ1n) is 11.9. The van der Waals surface area contributed by atoms with E-state index in [2.05, 4.69) is 49.1 Å². The van der Waals surface area contributed by atoms with E-state index in [0.717, 1.165) is 67.4 Å². The van der Waals surface area contributed by atoms with Gasteiger partial charge in [0.2, 0.25) is 0 Å². The Labute approximate surface area is 193 Å². The number of ether oxygens (including phenoxy) is 2. The Morgan fingerprint density at radius 3 is 2.16 bits per heavy atom. The lowest BCUT2D eigenvalue weighted by molar-refractivity contribution is -0.145. The summed E-state index contributed by atoms with van der Waals surface area (Å²) in [6.45, 7) is 9.36. The number of rotatable bonds is 14. The van der Waals surface area contributed by atoms with Crippen molar-refractivity contribution in [3.8, 4) is 5.75 Å². The number of fused-ring (bicyclic) bond motifs is 1. The van der Waals surface area contributed by atoms with Gasteiger partial charge in [-0.2, -0.15) is 0 Å². The van der Waals surface area contributed by atoms with Crippen LogP contribution in [0, 0.1) is 0 Å². The molecular formula is C28H39NO3. The zero-order chi connectivity index (χ0) is 23.2. The zero-order valence-electron chi connectivity index (χ0n) is 20.2. The van der Waals surface area contributed by atoms with Crippen molar-refractivity contribution >= 4 is 16.7 Å². The van der Waals surface area contributed by atoms with E-state index in [1.165, 1.54) is 0 Å². The number of esters is 1. The molecule has 4 nitrogen and oxygen atoms in total. The third-order valence-electron chi connectivity index (χ3n) is 5.61. The van der Waals surface area contributed by atoms with Gasteiger partial charge in [0.25, 0.3) is 0 Å². The summed E-state index contributed by atoms with van der Waals surface area (Å²) in [6, 6.07) is 12.1. The van der Waals surface area contributed by atoms with Crippen LogP contribution in [0.3, 0.4) is 0 Å². The van der Waals surface area contributed by atoms with E-state index in [4.69, 9.17) is 9.47 Å². The van der Waals surface area contributed by atoms with Gasteiger partial charge >= 0.3 is 5.97 Å². The molecule has 0 aliphatic carbocycles. The molecule has 2 rings (SSSR count). The summed E-state index contributed by atoms with van der Waals surface area (Å²) in [5, 5.41) is 2.19. The number of methoxy groups -OCH3 is 1. The predicted molar refractivity (Wildman–Crippen MR) is 134 cm³/mol. The summed E-state index contributed by atoms with van der Waals surface area (Å²) in [7, 11) is 1.67. The number of carbonyl (C=O) groups is 1. The molecule has 0 bridgehead atoms. The highest BCUT2D eigenvalue weighted by molar-refractivity contribution is 5.86. The highest BCUT2D eigenvalue weighted by Crippen LogP contribution is 2.25. The lowest BCUT2D eigenvalue weighted by Gasteiger charge is -2.21. The fourth-order valence-corrected chi connectivity index (χ4v) is 3.59. The largest absolute Gasteiger partial charge is 0.497 e. The molecule has 4 heteroatoms. The van der Waals surface area contributed by atoms with Crippen molar-refractivity contribution in [1.82, 2.24) is 4.90 Å². The third kappa shape index (κ3) is 8.51. The maximum Gasteiger partial charge on any atom is 0.313 e. The van der Waals surface area contributed by atoms with Gasteiger partial charge in [-0.15, -0.1) is 0 Å². The van der Waals surface area contributed by atoms with Gasteiger partial charge in [0.1, 0.15) is 12.4 Å². The number of hydrogen-bond acceptors (Lipinski definition) is 4. The fourth-order valence-electron chi connectivity index (χ4n) is 3.59. The third-order valence-corrected chi connectivity index (χ3v) is 5.61. The second kappa shape index (κ2) is 14.5. The van der Waals surface area contributed by atoms with Crippen LogP contribution in [-0.4, -0.2) is 44.2 Å². The van der Waals surface area contributed by atoms with Crippen molar-refractivity contribution < 1.29 is 14.3 Å². The van der Waals surface area contributed by atoms with Crippen LogP contribution in [0.2, 0.25) is 0 Å². The molecule has 1 unspecified atom stereocenters. The highest BCUT2D eigenvalue weighted by Gasteiger charge is 2.17. The van der Waals surface area contributed by atoms with Gasteiger partial charge in [-0.25, -0.2) is 0 Å². The second-order valence-electron chi connectivity index (χ2n) is 8.04. The highest BCUT2D eigenvalue weighted by atomic mass is 16.5. The normalized spacial score (nSPS) is 12.8. The molecule has 0 radical (unpaired) electrons. The number of allylic oxidation sites excluding steroid dienone is 2. The van der Waals surface area contributed by atoms with Crippen molar-refractivity contribution in [3.63, 3.8) is 0 Å². The average molecular weight is 438 g/mol. The molecule has 174 valence electrons. The van der Waals surface area contributed by atoms with Gasteiger partial charge in [0.05, 0.1) is 13.0 Å². The van der Waals surface area contributed by atoms with E-state index in [1.54, 1.807) is 7.11 Å². The molecule has 0 fully saturated rings. The smallest absolute Gasteiger partial charge is 0.313 e. The van der Waals surface area contributed by atoms with E-state index in [-0.39, 0.29) is 11.9 Å². The van der Waals surface area contributed by atoms with Crippen LogP contribution in [0.15, 0.2) is 60.7 Å². The summed E-state index contributed by atoms with van der Waals surface area (Å²) < 4.78 is 10.9. The van der Waals surface area contributed by atoms with Crippen LogP contribution in [0.5, 0.6) is 5.75 Å². The Morgan fingerprint density at radius 2 is 1.53 bits per heavy atom. The quantitative estimate of drug-likeness (QED) is 0.249. The predicted octanol–water partition coefficient (Wildman–Crippen LogP) is 6.51. The summed E-state index contributed by atoms with van der Waals surface area (Å²) in [4.78, 5) is 15.1. The molecule has 0 heterocycles. The van der Waals surface area contributed by atoms with Crippen LogP contribution in [-0.2, 0) is 9.53 Å². The lowest BCUT2D eigenvalue weighted by atomic mass is 9.98. The minimum absolute atomic E-state index is 0.172. The molecule has 0 aromatic heterocycles. The van der Waals surface area contributed by atoms with Crippen LogP contribution in [0.4, 0.5) is 0 Å². The van der Waals surface area contributed by atoms with Gasteiger partial charge in [-0.05, 0) is 61.1 Å². The van der Waals surface area contributed by atoms with Crippen molar-refractivity contribution in [2.45, 2.75) is 52.4 Å². The molecule has 0 saturated carbocycles. The summed E-state index contributed by atoms with van der Waals surface area (Å²) >= 11 is 0. The van der Waals surface area contributed by atoms with Gasteiger partial charge in [-0.1, -0.05) is 62.4 Å². The van der Waals surface area contributed by atoms with Crippen molar-refractivity contribution in [3.05, 3.63) is 66.3 Å². The minimum Gasteiger partial charge on any atom is -0.497 e. The Kier molecular flexibility index (Phi) is 11.6. The standard InChI is InChI=1S/C28H39NO3/c1-5-7-9-11-17-29(18-12-10-8-6-2)19-20-32-28(30)23(3)24-13-14-26-22-27(31-4)16-15-25(26)21-24/h7-10,13-16,21-23H,5-6,11-12,17-20H2,1-4H3/b9-7+,10-8+. The molecule has 0 amide bonds. The Hall–Kier alpha value is -2.59. The summed E-state index contributed by atoms with van der Waals surface area (Å²) in [5.41, 5.74) is 0.971. The van der Waals surface area contributed by atoms with Crippen molar-refractivity contribution in [1.29, 1.82) is 0 Å². The molecule has 0 spiro atoms. The first kappa shape index (κ1) is 25.7. The zero-order valence-corrected chi connectivity index (χ0v) is 20.2. The lowest BCUT2D eigenvalue weighted by Crippen LogP contribution is -2.30. The topological polar surface area (TPSA) is 38.8 Å². The van der Waals surface area contributed by atoms with E-state index in [1.807, 2.05) is 37.3 Å². The van der Waals surface area contributed by atoms with Crippen LogP contribution in [0.1, 0.15) is 57.9 Å². The molecule has 1 atom stereocenters.